The maximum Gasteiger partial charge on any atom is 0.349 e. The summed E-state index contributed by atoms with van der Waals surface area (Å²) in [7, 11) is -4.01. The Hall–Kier alpha value is -0.267. The Morgan fingerprint density at radius 2 is 1.69 bits per heavy atom. The normalized spacial score (nSPS) is 11.2. The van der Waals surface area contributed by atoms with Gasteiger partial charge in [0.05, 0.1) is 0 Å². The van der Waals surface area contributed by atoms with Gasteiger partial charge in [-0.05, 0) is 11.6 Å². The molecule has 13 heavy (non-hydrogen) atoms. The van der Waals surface area contributed by atoms with Crippen molar-refractivity contribution in [2.75, 3.05) is 0 Å². The Morgan fingerprint density at radius 3 is 2.15 bits per heavy atom. The van der Waals surface area contributed by atoms with Crippen LogP contribution in [0.1, 0.15) is 5.56 Å². The zero-order chi connectivity index (χ0) is 9.03. The van der Waals surface area contributed by atoms with Crippen LogP contribution in [0.25, 0.3) is 6.08 Å². The van der Waals surface area contributed by atoms with E-state index in [0.29, 0.717) is 0 Å². The third kappa shape index (κ3) is 5.89. The average Bonchev–Trinajstić information content (AvgIpc) is 2.02. The minimum absolute atomic E-state index is 0. The summed E-state index contributed by atoms with van der Waals surface area (Å²) in [4.78, 5) is 17.0. The average molecular weight is 250 g/mol. The van der Waals surface area contributed by atoms with Gasteiger partial charge in [0, 0.05) is 25.3 Å². The Bertz CT molecular complexity index is 317. The van der Waals surface area contributed by atoms with Gasteiger partial charge in [-0.3, -0.25) is 4.57 Å². The molecule has 1 rings (SSSR count). The molecule has 2 N–H and O–H groups in total. The molecule has 0 saturated carbocycles. The van der Waals surface area contributed by atoms with E-state index in [1.165, 1.54) is 6.08 Å². The van der Waals surface area contributed by atoms with E-state index in [-0.39, 0.29) is 19.5 Å². The van der Waals surface area contributed by atoms with Crippen molar-refractivity contribution >= 4 is 13.7 Å². The van der Waals surface area contributed by atoms with Crippen LogP contribution in [0.5, 0.6) is 0 Å². The van der Waals surface area contributed by atoms with Crippen LogP contribution in [0.15, 0.2) is 36.1 Å². The summed E-state index contributed by atoms with van der Waals surface area (Å²) >= 11 is 0. The second-order valence-corrected chi connectivity index (χ2v) is 3.79. The van der Waals surface area contributed by atoms with Crippen molar-refractivity contribution in [3.63, 3.8) is 0 Å². The third-order valence-electron chi connectivity index (χ3n) is 1.26. The first-order chi connectivity index (χ1) is 5.58. The van der Waals surface area contributed by atoms with Gasteiger partial charge in [-0.25, -0.2) is 0 Å². The third-order valence-corrected chi connectivity index (χ3v) is 1.80. The SMILES string of the molecule is O=P(O)(O)C=Cc1ccccc1.[Zn]. The van der Waals surface area contributed by atoms with Gasteiger partial charge in [0.2, 0.25) is 0 Å². The van der Waals surface area contributed by atoms with Crippen molar-refractivity contribution in [2.45, 2.75) is 0 Å². The van der Waals surface area contributed by atoms with Crippen LogP contribution < -0.4 is 0 Å². The van der Waals surface area contributed by atoms with E-state index in [1.807, 2.05) is 6.07 Å². The topological polar surface area (TPSA) is 57.5 Å². The molecule has 0 fully saturated rings. The number of benzene rings is 1. The molecule has 5 heteroatoms. The Labute approximate surface area is 89.4 Å². The van der Waals surface area contributed by atoms with Crippen LogP contribution in [-0.2, 0) is 24.0 Å². The summed E-state index contributed by atoms with van der Waals surface area (Å²) in [5.41, 5.74) is 0.779. The van der Waals surface area contributed by atoms with E-state index in [4.69, 9.17) is 9.79 Å². The van der Waals surface area contributed by atoms with Crippen molar-refractivity contribution < 1.29 is 33.8 Å². The van der Waals surface area contributed by atoms with Crippen LogP contribution in [-0.4, -0.2) is 9.79 Å². The number of hydrogen-bond donors (Lipinski definition) is 2. The molecule has 0 atom stereocenters. The second-order valence-electron chi connectivity index (χ2n) is 2.32. The maximum atomic E-state index is 10.4. The molecule has 0 aliphatic rings. The fraction of sp³-hybridized carbons (Fsp3) is 0. The Morgan fingerprint density at radius 1 is 1.15 bits per heavy atom. The quantitative estimate of drug-likeness (QED) is 0.621. The van der Waals surface area contributed by atoms with Gasteiger partial charge in [0.25, 0.3) is 0 Å². The van der Waals surface area contributed by atoms with Crippen LogP contribution in [0.2, 0.25) is 0 Å². The van der Waals surface area contributed by atoms with E-state index in [9.17, 15) is 4.57 Å². The van der Waals surface area contributed by atoms with Gasteiger partial charge in [-0.2, -0.15) is 0 Å². The maximum absolute atomic E-state index is 10.4. The van der Waals surface area contributed by atoms with Crippen LogP contribution in [0.3, 0.4) is 0 Å². The van der Waals surface area contributed by atoms with Crippen LogP contribution >= 0.6 is 7.60 Å². The molecule has 0 radical (unpaired) electrons. The van der Waals surface area contributed by atoms with Gasteiger partial charge in [0.15, 0.2) is 0 Å². The largest absolute Gasteiger partial charge is 0.349 e. The molecule has 1 aromatic carbocycles. The summed E-state index contributed by atoms with van der Waals surface area (Å²) in [5.74, 6) is 0.891. The zero-order valence-electron chi connectivity index (χ0n) is 7.00. The molecule has 0 spiro atoms. The molecule has 0 amide bonds. The van der Waals surface area contributed by atoms with Crippen molar-refractivity contribution in [1.29, 1.82) is 0 Å². The first-order valence-electron chi connectivity index (χ1n) is 3.37. The molecule has 0 aromatic heterocycles. The number of rotatable bonds is 2. The fourth-order valence-electron chi connectivity index (χ4n) is 0.747. The van der Waals surface area contributed by atoms with E-state index in [1.54, 1.807) is 24.3 Å². The molecule has 0 bridgehead atoms. The Kier molecular flexibility index (Phi) is 5.35. The Balaban J connectivity index is 0.00000144. The first kappa shape index (κ1) is 12.7. The summed E-state index contributed by atoms with van der Waals surface area (Å²) in [6.07, 6.45) is 1.40. The van der Waals surface area contributed by atoms with Crippen molar-refractivity contribution in [3.05, 3.63) is 41.7 Å². The number of hydrogen-bond acceptors (Lipinski definition) is 1. The monoisotopic (exact) mass is 248 g/mol. The van der Waals surface area contributed by atoms with E-state index in [0.717, 1.165) is 11.4 Å². The van der Waals surface area contributed by atoms with E-state index >= 15 is 0 Å². The smallest absolute Gasteiger partial charge is 0.321 e. The van der Waals surface area contributed by atoms with Gasteiger partial charge in [0.1, 0.15) is 0 Å². The molecule has 0 heterocycles. The van der Waals surface area contributed by atoms with Crippen molar-refractivity contribution in [1.82, 2.24) is 0 Å². The summed E-state index contributed by atoms with van der Waals surface area (Å²) in [5, 5.41) is 0. The predicted octanol–water partition coefficient (Wildman–Crippen LogP) is 1.83. The molecule has 66 valence electrons. The summed E-state index contributed by atoms with van der Waals surface area (Å²) < 4.78 is 10.4. The fourth-order valence-corrected chi connectivity index (χ4v) is 1.11. The molecule has 0 aliphatic carbocycles. The molecule has 0 aliphatic heterocycles. The van der Waals surface area contributed by atoms with E-state index < -0.39 is 7.60 Å². The first-order valence-corrected chi connectivity index (χ1v) is 5.06. The summed E-state index contributed by atoms with van der Waals surface area (Å²) in [6, 6.07) is 8.99. The van der Waals surface area contributed by atoms with Gasteiger partial charge >= 0.3 is 7.60 Å². The van der Waals surface area contributed by atoms with Gasteiger partial charge < -0.3 is 9.79 Å². The molecule has 1 aromatic rings. The predicted molar refractivity (Wildman–Crippen MR) is 47.5 cm³/mol. The molecular formula is C8H9O3PZn. The summed E-state index contributed by atoms with van der Waals surface area (Å²) in [6.45, 7) is 0. The molecular weight excluding hydrogens is 240 g/mol. The van der Waals surface area contributed by atoms with Gasteiger partial charge in [-0.1, -0.05) is 30.3 Å². The van der Waals surface area contributed by atoms with Crippen LogP contribution in [0, 0.1) is 0 Å². The second kappa shape index (κ2) is 5.46. The van der Waals surface area contributed by atoms with Crippen molar-refractivity contribution in [3.8, 4) is 0 Å². The molecule has 0 saturated heterocycles. The minimum atomic E-state index is -4.01. The van der Waals surface area contributed by atoms with Crippen molar-refractivity contribution in [2.24, 2.45) is 0 Å². The molecule has 3 nitrogen and oxygen atoms in total. The minimum Gasteiger partial charge on any atom is -0.321 e. The van der Waals surface area contributed by atoms with E-state index in [2.05, 4.69) is 0 Å². The van der Waals surface area contributed by atoms with Gasteiger partial charge in [-0.15, -0.1) is 0 Å². The molecule has 0 unspecified atom stereocenters. The van der Waals surface area contributed by atoms with Crippen LogP contribution in [0.4, 0.5) is 0 Å². The zero-order valence-corrected chi connectivity index (χ0v) is 10.9. The standard InChI is InChI=1S/C8H9O3P.Zn/c9-12(10,11)7-6-8-4-2-1-3-5-8;/h1-7H,(H2,9,10,11);.